The van der Waals surface area contributed by atoms with Gasteiger partial charge in [-0.2, -0.15) is 18.9 Å². The Morgan fingerprint density at radius 2 is 0.724 bits per heavy atom. The van der Waals surface area contributed by atoms with Gasteiger partial charge in [-0.15, -0.1) is 0 Å². The third-order valence-electron chi connectivity index (χ3n) is 8.01. The fourth-order valence-electron chi connectivity index (χ4n) is 5.24. The molecule has 0 aliphatic carbocycles. The molecule has 0 radical (unpaired) electrons. The van der Waals surface area contributed by atoms with Gasteiger partial charge in [0.1, 0.15) is 0 Å². The first kappa shape index (κ1) is 51.6. The van der Waals surface area contributed by atoms with Gasteiger partial charge >= 0.3 is 23.6 Å². The van der Waals surface area contributed by atoms with Gasteiger partial charge in [-0.3, -0.25) is 19.2 Å². The van der Waals surface area contributed by atoms with E-state index in [9.17, 15) is 60.4 Å². The summed E-state index contributed by atoms with van der Waals surface area (Å²) in [7, 11) is 0. The molecule has 4 aromatic rings. The monoisotopic (exact) mass is 981 g/mol. The molecule has 314 valence electrons. The van der Waals surface area contributed by atoms with E-state index in [1.807, 2.05) is 0 Å². The first-order chi connectivity index (χ1) is 25.8. The summed E-state index contributed by atoms with van der Waals surface area (Å²) in [6.07, 6.45) is 0.685. The van der Waals surface area contributed by atoms with Crippen LogP contribution in [0.3, 0.4) is 0 Å². The van der Waals surface area contributed by atoms with Crippen molar-refractivity contribution in [1.29, 1.82) is 0 Å². The van der Waals surface area contributed by atoms with Gasteiger partial charge in [0.25, 0.3) is 22.8 Å². The van der Waals surface area contributed by atoms with Crippen LogP contribution in [0.5, 0.6) is 23.5 Å². The number of aromatic nitrogens is 4. The number of rotatable bonds is 17. The molecule has 9 N–H and O–H groups in total. The second-order valence-electron chi connectivity index (χ2n) is 11.7. The van der Waals surface area contributed by atoms with Crippen LogP contribution in [-0.4, -0.2) is 83.6 Å². The summed E-state index contributed by atoms with van der Waals surface area (Å²) in [5.41, 5.74) is -1.75. The fraction of sp³-hybridized carbons (Fsp3) is 0.294. The second kappa shape index (κ2) is 24.3. The summed E-state index contributed by atoms with van der Waals surface area (Å²) in [4.78, 5) is 54.2. The number of amides is 4. The van der Waals surface area contributed by atoms with Crippen LogP contribution in [0.2, 0.25) is 0 Å². The topological polar surface area (TPSA) is 395 Å². The average molecular weight is 980 g/mol. The Balaban J connectivity index is 0.00000812. The third kappa shape index (κ3) is 13.1. The van der Waals surface area contributed by atoms with E-state index < -0.39 is 69.9 Å². The van der Waals surface area contributed by atoms with E-state index in [0.717, 1.165) is 36.4 Å². The number of unbranched alkanes of at least 4 members (excludes halogenated alkanes) is 1. The number of hydrogen-bond acceptors (Lipinski definition) is 12. The number of nitrogens with one attached hydrogen (secondary N) is 2. The van der Waals surface area contributed by atoms with Crippen molar-refractivity contribution in [1.82, 2.24) is 20.4 Å². The van der Waals surface area contributed by atoms with Gasteiger partial charge in [-0.1, -0.05) is 24.3 Å². The Hall–Kier alpha value is -6.37. The van der Waals surface area contributed by atoms with Crippen LogP contribution in [0.4, 0.5) is 0 Å². The van der Waals surface area contributed by atoms with Crippen LogP contribution in [0.25, 0.3) is 0 Å². The maximum Gasteiger partial charge on any atom is 0.319 e. The van der Waals surface area contributed by atoms with Crippen molar-refractivity contribution in [3.63, 3.8) is 0 Å². The smallest absolute Gasteiger partial charge is 0.319 e. The van der Waals surface area contributed by atoms with Gasteiger partial charge in [0, 0.05) is 89.4 Å². The molecule has 0 fully saturated rings. The van der Waals surface area contributed by atoms with Gasteiger partial charge in [0.2, 0.25) is 0 Å². The molecule has 24 heteroatoms. The quantitative estimate of drug-likeness (QED) is 0.0328. The van der Waals surface area contributed by atoms with E-state index in [4.69, 9.17) is 0 Å². The number of carbonyl (C=O) groups is 4. The summed E-state index contributed by atoms with van der Waals surface area (Å²) >= 11 is 0. The van der Waals surface area contributed by atoms with E-state index in [1.54, 1.807) is 0 Å². The van der Waals surface area contributed by atoms with E-state index >= 15 is 0 Å². The average Bonchev–Trinajstić information content (AvgIpc) is 3.15. The predicted octanol–water partition coefficient (Wildman–Crippen LogP) is -6.05. The summed E-state index contributed by atoms with van der Waals surface area (Å²) in [5.74, 6) is -7.02. The molecule has 0 aliphatic heterocycles. The third-order valence-corrected chi connectivity index (χ3v) is 8.01. The molecule has 4 aromatic heterocycles. The minimum absolute atomic E-state index is 0. The van der Waals surface area contributed by atoms with Gasteiger partial charge in [-0.05, 0) is 49.9 Å². The van der Waals surface area contributed by atoms with Gasteiger partial charge in [-0.25, -0.2) is 0 Å². The minimum atomic E-state index is -0.964. The van der Waals surface area contributed by atoms with Crippen molar-refractivity contribution in [3.05, 3.63) is 116 Å². The molecule has 4 rings (SSSR count). The van der Waals surface area contributed by atoms with Crippen molar-refractivity contribution < 1.29 is 101 Å². The Morgan fingerprint density at radius 3 is 1.03 bits per heavy atom. The van der Waals surface area contributed by atoms with Gasteiger partial charge in [0.05, 0.1) is 0 Å². The number of carbonyl (C=O) groups excluding carboxylic acids is 4. The molecule has 0 unspecified atom stereocenters. The molecule has 0 atom stereocenters. The molecule has 58 heavy (non-hydrogen) atoms. The van der Waals surface area contributed by atoms with E-state index in [0.29, 0.717) is 0 Å². The molecule has 0 bridgehead atoms. The largest absolute Gasteiger partial charge is 0.822 e. The molecule has 0 spiro atoms. The number of pyridine rings is 4. The Labute approximate surface area is 348 Å². The van der Waals surface area contributed by atoms with E-state index in [-0.39, 0.29) is 126 Å². The fourth-order valence-corrected chi connectivity index (χ4v) is 5.24. The van der Waals surface area contributed by atoms with Crippen LogP contribution < -0.4 is 50.0 Å². The summed E-state index contributed by atoms with van der Waals surface area (Å²) < 4.78 is -0.252. The molecular formula is C34H41HfN8O15-3. The van der Waals surface area contributed by atoms with Crippen molar-refractivity contribution >= 4 is 23.6 Å². The van der Waals surface area contributed by atoms with Crippen LogP contribution in [-0.2, 0) is 31.3 Å². The van der Waals surface area contributed by atoms with Crippen molar-refractivity contribution in [3.8, 4) is 23.5 Å². The second-order valence-corrected chi connectivity index (χ2v) is 11.7. The van der Waals surface area contributed by atoms with Crippen LogP contribution in [0, 0.1) is 20.8 Å². The molecule has 4 amide bonds. The minimum Gasteiger partial charge on any atom is -0.822 e. The van der Waals surface area contributed by atoms with Crippen molar-refractivity contribution in [2.24, 2.45) is 0 Å². The Morgan fingerprint density at radius 1 is 0.466 bits per heavy atom. The normalized spacial score (nSPS) is 10.0. The predicted molar refractivity (Wildman–Crippen MR) is 186 cm³/mol. The zero-order valence-electron chi connectivity index (χ0n) is 30.7. The van der Waals surface area contributed by atoms with Gasteiger partial charge in [0.15, 0.2) is 23.5 Å². The molecule has 0 saturated carbocycles. The molecule has 0 aliphatic rings. The molecular weight excluding hydrogens is 939 g/mol. The van der Waals surface area contributed by atoms with Crippen LogP contribution >= 0.6 is 0 Å². The first-order valence-electron chi connectivity index (χ1n) is 16.5. The van der Waals surface area contributed by atoms with E-state index in [2.05, 4.69) is 10.6 Å². The SMILES string of the molecule is O.O.O=C(NCCCN(CCCCN(CCCNC(=O)c1cccc([O-])[n+]1[O-])C(=O)c1cccc([O-])[n+]1[O-])C(=O)c1cccc([O-])[n+]1[O-])c1cccc([O-])[n+]1[O-].[Hf].[OH3+]. The maximum absolute atomic E-state index is 13.4. The van der Waals surface area contributed by atoms with Crippen LogP contribution in [0.1, 0.15) is 67.6 Å². The molecule has 0 aromatic carbocycles. The maximum atomic E-state index is 13.4. The molecule has 4 heterocycles. The Kier molecular flexibility index (Phi) is 21.6. The number of hydrogen-bond donors (Lipinski definition) is 2. The zero-order chi connectivity index (χ0) is 39.4. The Bertz CT molecular complexity index is 1870. The summed E-state index contributed by atoms with van der Waals surface area (Å²) in [6.45, 7) is -0.164. The number of nitrogens with zero attached hydrogens (tertiary/aromatic N) is 6. The first-order valence-corrected chi connectivity index (χ1v) is 16.5. The molecule has 0 saturated heterocycles. The van der Waals surface area contributed by atoms with Crippen LogP contribution in [0.15, 0.2) is 72.8 Å². The van der Waals surface area contributed by atoms with Crippen molar-refractivity contribution in [2.45, 2.75) is 25.7 Å². The van der Waals surface area contributed by atoms with Gasteiger partial charge < -0.3 is 78.1 Å². The zero-order valence-corrected chi connectivity index (χ0v) is 34.3. The van der Waals surface area contributed by atoms with E-state index in [1.165, 1.54) is 46.2 Å². The van der Waals surface area contributed by atoms with Crippen molar-refractivity contribution in [2.75, 3.05) is 39.3 Å². The summed E-state index contributed by atoms with van der Waals surface area (Å²) in [6, 6.07) is 13.6. The molecule has 23 nitrogen and oxygen atoms in total. The standard InChI is InChI=1S/C34H38N8O12.Hf.3H2O/c43-27-13-3-9-23(39(27)51)31(47)35-17-7-21-37(33(49)25-11-5-15-29(45)41(25)53)19-1-2-20-38(34(50)26-12-6-16-30(46)42(26)54)22-8-18-36-32(48)24-10-4-14-28(44)40(24)52;;;;/h3-6,9-16,43-46H,1-2,7-8,17-22H2,(H,35,47)(H,36,48);;3*1H2/p-3. The summed E-state index contributed by atoms with van der Waals surface area (Å²) in [5, 5.41) is 101.